The van der Waals surface area contributed by atoms with Crippen molar-refractivity contribution in [3.8, 4) is 28.7 Å². The van der Waals surface area contributed by atoms with E-state index in [1.54, 1.807) is 13.2 Å². The lowest BCUT2D eigenvalue weighted by Crippen LogP contribution is -1.88. The number of benzene rings is 2. The molecule has 2 aromatic carbocycles. The highest BCUT2D eigenvalue weighted by molar-refractivity contribution is 5.70. The first-order valence-electron chi connectivity index (χ1n) is 6.11. The molecular weight excluding hydrogens is 254 g/mol. The van der Waals surface area contributed by atoms with Crippen molar-refractivity contribution in [2.45, 2.75) is 0 Å². The van der Waals surface area contributed by atoms with E-state index < -0.39 is 0 Å². The molecule has 3 rings (SSSR count). The number of para-hydroxylation sites is 1. The van der Waals surface area contributed by atoms with Crippen LogP contribution in [-0.2, 0) is 0 Å². The third kappa shape index (κ3) is 2.21. The summed E-state index contributed by atoms with van der Waals surface area (Å²) in [7, 11) is 1.62. The molecule has 0 unspecified atom stereocenters. The molecule has 1 heterocycles. The van der Waals surface area contributed by atoms with Crippen LogP contribution in [0.1, 0.15) is 0 Å². The number of rotatable bonds is 3. The second-order valence-corrected chi connectivity index (χ2v) is 4.23. The van der Waals surface area contributed by atoms with Crippen LogP contribution in [0, 0.1) is 0 Å². The van der Waals surface area contributed by atoms with E-state index >= 15 is 0 Å². The fourth-order valence-electron chi connectivity index (χ4n) is 1.87. The fraction of sp³-hybridized carbons (Fsp3) is 0.0667. The molecule has 0 aliphatic carbocycles. The van der Waals surface area contributed by atoms with E-state index in [-0.39, 0.29) is 0 Å². The third-order valence-corrected chi connectivity index (χ3v) is 2.95. The van der Waals surface area contributed by atoms with E-state index in [0.29, 0.717) is 17.5 Å². The van der Waals surface area contributed by atoms with E-state index in [9.17, 15) is 0 Å². The molecule has 0 amide bonds. The minimum atomic E-state index is 0.411. The maximum atomic E-state index is 5.89. The first-order chi connectivity index (χ1) is 9.78. The number of hydrogen-bond acceptors (Lipinski definition) is 5. The molecular formula is C15H13N3O2. The number of aromatic nitrogens is 2. The molecule has 0 saturated heterocycles. The lowest BCUT2D eigenvalue weighted by molar-refractivity contribution is 0.415. The molecule has 0 aliphatic rings. The van der Waals surface area contributed by atoms with Crippen LogP contribution in [0.2, 0.25) is 0 Å². The Bertz CT molecular complexity index is 720. The maximum absolute atomic E-state index is 5.89. The molecule has 0 spiro atoms. The number of methoxy groups -OCH3 is 1. The molecule has 0 radical (unpaired) electrons. The van der Waals surface area contributed by atoms with Gasteiger partial charge in [0.1, 0.15) is 5.75 Å². The van der Waals surface area contributed by atoms with Gasteiger partial charge in [0.25, 0.3) is 0 Å². The van der Waals surface area contributed by atoms with E-state index in [2.05, 4.69) is 10.2 Å². The summed E-state index contributed by atoms with van der Waals surface area (Å²) in [4.78, 5) is 0. The topological polar surface area (TPSA) is 74.2 Å². The number of anilines is 1. The predicted molar refractivity (Wildman–Crippen MR) is 76.1 cm³/mol. The summed E-state index contributed by atoms with van der Waals surface area (Å²) in [6.45, 7) is 0. The summed E-state index contributed by atoms with van der Waals surface area (Å²) in [6, 6.07) is 14.8. The van der Waals surface area contributed by atoms with Crippen molar-refractivity contribution in [3.63, 3.8) is 0 Å². The van der Waals surface area contributed by atoms with Crippen LogP contribution in [0.25, 0.3) is 22.9 Å². The summed E-state index contributed by atoms with van der Waals surface area (Å²) in [5.74, 6) is 1.64. The summed E-state index contributed by atoms with van der Waals surface area (Å²) in [5, 5.41) is 8.08. The number of hydrogen-bond donors (Lipinski definition) is 1. The van der Waals surface area contributed by atoms with Gasteiger partial charge in [-0.3, -0.25) is 0 Å². The van der Waals surface area contributed by atoms with Crippen LogP contribution in [0.5, 0.6) is 5.75 Å². The smallest absolute Gasteiger partial charge is 0.250 e. The van der Waals surface area contributed by atoms with Gasteiger partial charge in [-0.25, -0.2) is 0 Å². The standard InChI is InChI=1S/C15H13N3O2/c1-19-11-8-6-10(7-9-11)14-17-18-15(20-14)12-4-2-3-5-13(12)16/h2-9H,16H2,1H3. The predicted octanol–water partition coefficient (Wildman–Crippen LogP) is 2.99. The molecule has 1 aromatic heterocycles. The molecule has 2 N–H and O–H groups in total. The third-order valence-electron chi connectivity index (χ3n) is 2.95. The minimum absolute atomic E-state index is 0.411. The van der Waals surface area contributed by atoms with Crippen molar-refractivity contribution in [3.05, 3.63) is 48.5 Å². The lowest BCUT2D eigenvalue weighted by Gasteiger charge is -2.00. The number of nitrogens with zero attached hydrogens (tertiary/aromatic N) is 2. The summed E-state index contributed by atoms with van der Waals surface area (Å²) in [6.07, 6.45) is 0. The molecule has 5 nitrogen and oxygen atoms in total. The van der Waals surface area contributed by atoms with E-state index in [1.807, 2.05) is 42.5 Å². The van der Waals surface area contributed by atoms with E-state index in [4.69, 9.17) is 14.9 Å². The van der Waals surface area contributed by atoms with E-state index in [1.165, 1.54) is 0 Å². The van der Waals surface area contributed by atoms with E-state index in [0.717, 1.165) is 16.9 Å². The van der Waals surface area contributed by atoms with Crippen molar-refractivity contribution < 1.29 is 9.15 Å². The molecule has 20 heavy (non-hydrogen) atoms. The summed E-state index contributed by atoms with van der Waals surface area (Å²) < 4.78 is 10.8. The van der Waals surface area contributed by atoms with Gasteiger partial charge in [0.15, 0.2) is 0 Å². The van der Waals surface area contributed by atoms with Crippen LogP contribution in [0.15, 0.2) is 52.9 Å². The molecule has 0 atom stereocenters. The van der Waals surface area contributed by atoms with Gasteiger partial charge in [-0.2, -0.15) is 0 Å². The Morgan fingerprint density at radius 1 is 0.950 bits per heavy atom. The van der Waals surface area contributed by atoms with Crippen LogP contribution >= 0.6 is 0 Å². The van der Waals surface area contributed by atoms with Gasteiger partial charge >= 0.3 is 0 Å². The van der Waals surface area contributed by atoms with Gasteiger partial charge in [-0.05, 0) is 36.4 Å². The Labute approximate surface area is 116 Å². The van der Waals surface area contributed by atoms with Crippen molar-refractivity contribution in [2.75, 3.05) is 12.8 Å². The first-order valence-corrected chi connectivity index (χ1v) is 6.11. The van der Waals surface area contributed by atoms with Crippen LogP contribution < -0.4 is 10.5 Å². The highest BCUT2D eigenvalue weighted by Crippen LogP contribution is 2.28. The normalized spacial score (nSPS) is 10.4. The summed E-state index contributed by atoms with van der Waals surface area (Å²) in [5.41, 5.74) is 8.07. The second-order valence-electron chi connectivity index (χ2n) is 4.23. The Balaban J connectivity index is 1.95. The van der Waals surface area contributed by atoms with Gasteiger partial charge in [0.05, 0.1) is 12.7 Å². The summed E-state index contributed by atoms with van der Waals surface area (Å²) >= 11 is 0. The van der Waals surface area contributed by atoms with Gasteiger partial charge < -0.3 is 14.9 Å². The molecule has 5 heteroatoms. The van der Waals surface area contributed by atoms with Crippen LogP contribution in [-0.4, -0.2) is 17.3 Å². The van der Waals surface area contributed by atoms with Crippen molar-refractivity contribution in [2.24, 2.45) is 0 Å². The lowest BCUT2D eigenvalue weighted by atomic mass is 10.2. The van der Waals surface area contributed by atoms with Crippen molar-refractivity contribution >= 4 is 5.69 Å². The van der Waals surface area contributed by atoms with Crippen LogP contribution in [0.3, 0.4) is 0 Å². The molecule has 0 saturated carbocycles. The quantitative estimate of drug-likeness (QED) is 0.738. The zero-order chi connectivity index (χ0) is 13.9. The Kier molecular flexibility index (Phi) is 3.09. The molecule has 0 aliphatic heterocycles. The van der Waals surface area contributed by atoms with Crippen molar-refractivity contribution in [1.29, 1.82) is 0 Å². The fourth-order valence-corrected chi connectivity index (χ4v) is 1.87. The van der Waals surface area contributed by atoms with Gasteiger partial charge in [-0.1, -0.05) is 12.1 Å². The highest BCUT2D eigenvalue weighted by Gasteiger charge is 2.12. The highest BCUT2D eigenvalue weighted by atomic mass is 16.5. The molecule has 3 aromatic rings. The molecule has 0 fully saturated rings. The Morgan fingerprint density at radius 2 is 1.65 bits per heavy atom. The largest absolute Gasteiger partial charge is 0.497 e. The SMILES string of the molecule is COc1ccc(-c2nnc(-c3ccccc3N)o2)cc1. The zero-order valence-corrected chi connectivity index (χ0v) is 10.9. The average Bonchev–Trinajstić information content (AvgIpc) is 2.97. The number of ether oxygens (including phenoxy) is 1. The molecule has 100 valence electrons. The molecule has 0 bridgehead atoms. The number of nitrogens with two attached hydrogens (primary N) is 1. The van der Waals surface area contributed by atoms with Crippen molar-refractivity contribution in [1.82, 2.24) is 10.2 Å². The Morgan fingerprint density at radius 3 is 2.35 bits per heavy atom. The maximum Gasteiger partial charge on any atom is 0.250 e. The average molecular weight is 267 g/mol. The van der Waals surface area contributed by atoms with Gasteiger partial charge in [-0.15, -0.1) is 10.2 Å². The van der Waals surface area contributed by atoms with Crippen LogP contribution in [0.4, 0.5) is 5.69 Å². The van der Waals surface area contributed by atoms with Gasteiger partial charge in [0.2, 0.25) is 11.8 Å². The van der Waals surface area contributed by atoms with Gasteiger partial charge in [0, 0.05) is 11.3 Å². The second kappa shape index (κ2) is 5.05. The monoisotopic (exact) mass is 267 g/mol. The minimum Gasteiger partial charge on any atom is -0.497 e. The first kappa shape index (κ1) is 12.2. The zero-order valence-electron chi connectivity index (χ0n) is 10.9. The number of nitrogen functional groups attached to an aromatic ring is 1. The Hall–Kier alpha value is -2.82.